The molecule has 19 nitrogen and oxygen atoms in total. The highest BCUT2D eigenvalue weighted by atomic mass is 16.8. The van der Waals surface area contributed by atoms with E-state index in [1.54, 1.807) is 0 Å². The number of esters is 2. The number of fused-ring (bicyclic) bond motifs is 7. The minimum atomic E-state index is -1.88. The van der Waals surface area contributed by atoms with Crippen molar-refractivity contribution in [2.45, 2.75) is 212 Å². The van der Waals surface area contributed by atoms with Gasteiger partial charge in [-0.3, -0.25) is 9.59 Å². The molecule has 9 N–H and O–H groups in total. The number of carboxylic acids is 1. The van der Waals surface area contributed by atoms with Gasteiger partial charge in [0.2, 0.25) is 6.29 Å². The molecule has 68 heavy (non-hydrogen) atoms. The molecule has 19 heteroatoms. The number of aliphatic hydroxyl groups excluding tert-OH is 8. The molecule has 0 radical (unpaired) electrons. The van der Waals surface area contributed by atoms with Crippen molar-refractivity contribution in [2.75, 3.05) is 13.2 Å². The third-order valence-corrected chi connectivity index (χ3v) is 19.2. The van der Waals surface area contributed by atoms with Crippen molar-refractivity contribution in [3.8, 4) is 0 Å². The van der Waals surface area contributed by atoms with E-state index in [-0.39, 0.29) is 39.4 Å². The van der Waals surface area contributed by atoms with Crippen LogP contribution in [0, 0.1) is 50.2 Å². The van der Waals surface area contributed by atoms with Crippen LogP contribution in [0.1, 0.15) is 120 Å². The Morgan fingerprint density at radius 3 is 1.91 bits per heavy atom. The molecular formula is C49H76O19. The number of hydrogen-bond donors (Lipinski definition) is 9. The fourth-order valence-electron chi connectivity index (χ4n) is 15.1. The zero-order valence-electron chi connectivity index (χ0n) is 40.6. The first kappa shape index (κ1) is 52.0. The molecule has 0 aromatic carbocycles. The molecule has 8 rings (SSSR count). The van der Waals surface area contributed by atoms with Gasteiger partial charge in [0.1, 0.15) is 54.9 Å². The maximum absolute atomic E-state index is 14.7. The predicted octanol–water partition coefficient (Wildman–Crippen LogP) is 1.44. The Labute approximate surface area is 397 Å². The SMILES string of the molecule is CC(=O)O[C@H]1[C@H](O[C@H]2CC[C@]3(C)[C@H]4CC=C5[C@@H]6CC(C)(C)CC[C@]6(C(=O)O[C@@H]6O[C@H](CO)[C@@H](O)[C@H](O)[C@H]6O)CC[C@@]5(C)[C@]4(C)CC[C@H]3C2(C)C)O[C@H](C(=O)O)[C@@H](O[C@@H]2O[C@@H](CO)[C@H](O)[C@H]2O)[C@@H]1O. The van der Waals surface area contributed by atoms with Crippen molar-refractivity contribution in [1.82, 2.24) is 0 Å². The van der Waals surface area contributed by atoms with Crippen LogP contribution in [0.25, 0.3) is 0 Å². The molecule has 5 aliphatic carbocycles. The first-order valence-corrected chi connectivity index (χ1v) is 24.6. The fourth-order valence-corrected chi connectivity index (χ4v) is 15.1. The van der Waals surface area contributed by atoms with Crippen LogP contribution >= 0.6 is 0 Å². The molecule has 0 unspecified atom stereocenters. The second kappa shape index (κ2) is 18.3. The van der Waals surface area contributed by atoms with Crippen molar-refractivity contribution in [3.05, 3.63) is 11.6 Å². The average Bonchev–Trinajstić information content (AvgIpc) is 3.54. The van der Waals surface area contributed by atoms with E-state index in [4.69, 9.17) is 33.2 Å². The second-order valence-electron chi connectivity index (χ2n) is 23.6. The highest BCUT2D eigenvalue weighted by molar-refractivity contribution is 5.79. The molecule has 0 spiro atoms. The molecule has 22 atom stereocenters. The molecule has 4 saturated carbocycles. The van der Waals surface area contributed by atoms with Crippen LogP contribution in [0.2, 0.25) is 0 Å². The van der Waals surface area contributed by atoms with E-state index >= 15 is 0 Å². The highest BCUT2D eigenvalue weighted by Crippen LogP contribution is 2.76. The lowest BCUT2D eigenvalue weighted by Gasteiger charge is -2.71. The quantitative estimate of drug-likeness (QED) is 0.0850. The lowest BCUT2D eigenvalue weighted by atomic mass is 9.33. The first-order valence-electron chi connectivity index (χ1n) is 24.6. The Hall–Kier alpha value is -2.37. The number of rotatable bonds is 10. The van der Waals surface area contributed by atoms with Crippen molar-refractivity contribution in [3.63, 3.8) is 0 Å². The minimum absolute atomic E-state index is 0.0775. The zero-order chi connectivity index (χ0) is 49.8. The largest absolute Gasteiger partial charge is 0.479 e. The number of aliphatic carboxylic acids is 1. The summed E-state index contributed by atoms with van der Waals surface area (Å²) in [6.07, 6.45) is -13.4. The van der Waals surface area contributed by atoms with Gasteiger partial charge in [0.25, 0.3) is 0 Å². The molecule has 0 aromatic rings. The number of carboxylic acid groups (broad SMARTS) is 1. The topological polar surface area (TPSA) is 298 Å². The van der Waals surface area contributed by atoms with E-state index in [0.717, 1.165) is 45.4 Å². The van der Waals surface area contributed by atoms with Crippen LogP contribution in [-0.2, 0) is 47.5 Å². The van der Waals surface area contributed by atoms with E-state index < -0.39 is 134 Å². The van der Waals surface area contributed by atoms with Crippen molar-refractivity contribution < 1.29 is 93.5 Å². The van der Waals surface area contributed by atoms with Gasteiger partial charge in [0.05, 0.1) is 24.7 Å². The maximum atomic E-state index is 14.7. The van der Waals surface area contributed by atoms with Crippen molar-refractivity contribution in [2.24, 2.45) is 50.2 Å². The first-order chi connectivity index (χ1) is 31.7. The fraction of sp³-hybridized carbons (Fsp3) is 0.898. The standard InChI is InChI=1S/C49H76O19/c1-22(52)62-37-35(58)36(66-40-33(56)31(54)26(21-51)63-40)38(39(59)60)67-42(37)65-29-12-13-46(6)27(45(29,4)5)11-14-48(8)28(46)10-9-23-24-19-44(2,3)15-17-49(24,18-16-47(23,48)7)43(61)68-41-34(57)32(55)30(53)25(20-50)64-41/h9,24-38,40-42,50-51,53-58H,10-21H2,1-8H3,(H,59,60)/t24-,25+,26-,27-,28+,29-,30+,31-,32-,33+,34+,35-,36-,37+,38-,40-,41-,42+,46-,47+,48+,49-/m0/s1. The van der Waals surface area contributed by atoms with Crippen LogP contribution in [0.15, 0.2) is 11.6 Å². The zero-order valence-corrected chi connectivity index (χ0v) is 40.6. The summed E-state index contributed by atoms with van der Waals surface area (Å²) in [5, 5.41) is 94.0. The maximum Gasteiger partial charge on any atom is 0.335 e. The van der Waals surface area contributed by atoms with Gasteiger partial charge >= 0.3 is 17.9 Å². The number of ether oxygens (including phenoxy) is 7. The average molecular weight is 969 g/mol. The van der Waals surface area contributed by atoms with Crippen molar-refractivity contribution in [1.29, 1.82) is 0 Å². The van der Waals surface area contributed by atoms with Gasteiger partial charge in [-0.2, -0.15) is 0 Å². The predicted molar refractivity (Wildman–Crippen MR) is 234 cm³/mol. The monoisotopic (exact) mass is 968 g/mol. The van der Waals surface area contributed by atoms with Gasteiger partial charge in [-0.15, -0.1) is 0 Å². The van der Waals surface area contributed by atoms with E-state index in [1.165, 1.54) is 5.57 Å². The molecule has 0 amide bonds. The summed E-state index contributed by atoms with van der Waals surface area (Å²) in [5.41, 5.74) is -0.955. The van der Waals surface area contributed by atoms with E-state index in [2.05, 4.69) is 54.5 Å². The van der Waals surface area contributed by atoms with Gasteiger partial charge in [-0.25, -0.2) is 4.79 Å². The summed E-state index contributed by atoms with van der Waals surface area (Å²) in [5.74, 6) is -2.67. The van der Waals surface area contributed by atoms with Gasteiger partial charge in [-0.05, 0) is 109 Å². The third-order valence-electron chi connectivity index (χ3n) is 19.2. The highest BCUT2D eigenvalue weighted by Gasteiger charge is 2.70. The van der Waals surface area contributed by atoms with Crippen LogP contribution in [0.3, 0.4) is 0 Å². The number of aliphatic hydroxyl groups is 8. The number of carbonyl (C=O) groups is 3. The molecule has 3 saturated heterocycles. The molecule has 3 aliphatic heterocycles. The van der Waals surface area contributed by atoms with Gasteiger partial charge in [0.15, 0.2) is 24.8 Å². The summed E-state index contributed by atoms with van der Waals surface area (Å²) in [6.45, 7) is 15.7. The summed E-state index contributed by atoms with van der Waals surface area (Å²) in [6, 6.07) is 0. The second-order valence-corrected chi connectivity index (χ2v) is 23.6. The van der Waals surface area contributed by atoms with Crippen molar-refractivity contribution >= 4 is 17.9 Å². The Balaban J connectivity index is 1.03. The summed E-state index contributed by atoms with van der Waals surface area (Å²) >= 11 is 0. The van der Waals surface area contributed by atoms with E-state index in [1.807, 2.05) is 0 Å². The van der Waals surface area contributed by atoms with Crippen LogP contribution in [0.4, 0.5) is 0 Å². The summed E-state index contributed by atoms with van der Waals surface area (Å²) in [4.78, 5) is 39.9. The van der Waals surface area contributed by atoms with Crippen LogP contribution < -0.4 is 0 Å². The molecule has 3 heterocycles. The van der Waals surface area contributed by atoms with Crippen LogP contribution in [0.5, 0.6) is 0 Å². The lowest BCUT2D eigenvalue weighted by Crippen LogP contribution is -2.67. The Morgan fingerprint density at radius 1 is 0.662 bits per heavy atom. The van der Waals surface area contributed by atoms with Gasteiger partial charge < -0.3 is 79.1 Å². The Kier molecular flexibility index (Phi) is 14.0. The number of hydrogen-bond acceptors (Lipinski definition) is 18. The summed E-state index contributed by atoms with van der Waals surface area (Å²) in [7, 11) is 0. The van der Waals surface area contributed by atoms with Gasteiger partial charge in [0, 0.05) is 6.92 Å². The molecule has 0 aromatic heterocycles. The minimum Gasteiger partial charge on any atom is -0.479 e. The molecule has 7 fully saturated rings. The normalized spacial score (nSPS) is 50.6. The third kappa shape index (κ3) is 8.18. The molecule has 8 aliphatic rings. The molecular weight excluding hydrogens is 893 g/mol. The van der Waals surface area contributed by atoms with E-state index in [9.17, 15) is 60.3 Å². The lowest BCUT2D eigenvalue weighted by molar-refractivity contribution is -0.343. The number of allylic oxidation sites excluding steroid dienone is 2. The Morgan fingerprint density at radius 2 is 1.28 bits per heavy atom. The molecule has 0 bridgehead atoms. The smallest absolute Gasteiger partial charge is 0.335 e. The number of carbonyl (C=O) groups excluding carboxylic acids is 2. The van der Waals surface area contributed by atoms with Crippen LogP contribution in [-0.4, -0.2) is 169 Å². The van der Waals surface area contributed by atoms with E-state index in [0.29, 0.717) is 25.7 Å². The molecule has 386 valence electrons. The van der Waals surface area contributed by atoms with Gasteiger partial charge in [-0.1, -0.05) is 60.1 Å². The Bertz CT molecular complexity index is 1940. The summed E-state index contributed by atoms with van der Waals surface area (Å²) < 4.78 is 41.1.